The van der Waals surface area contributed by atoms with Gasteiger partial charge in [-0.2, -0.15) is 0 Å². The number of amides is 3. The molecular formula is C19H33N6O2+. The van der Waals surface area contributed by atoms with E-state index in [2.05, 4.69) is 28.2 Å². The highest BCUT2D eigenvalue weighted by molar-refractivity contribution is 6.23. The highest BCUT2D eigenvalue weighted by Crippen LogP contribution is 2.20. The van der Waals surface area contributed by atoms with Crippen molar-refractivity contribution in [2.45, 2.75) is 39.2 Å². The van der Waals surface area contributed by atoms with Crippen molar-refractivity contribution in [2.75, 3.05) is 59.9 Å². The summed E-state index contributed by atoms with van der Waals surface area (Å²) in [5, 5.41) is 0. The van der Waals surface area contributed by atoms with E-state index in [0.717, 1.165) is 70.9 Å². The molecule has 0 saturated carbocycles. The molecule has 3 rings (SSSR count). The van der Waals surface area contributed by atoms with Crippen LogP contribution in [-0.4, -0.2) is 114 Å². The van der Waals surface area contributed by atoms with Gasteiger partial charge < -0.3 is 4.90 Å². The average Bonchev–Trinajstić information content (AvgIpc) is 3.04. The lowest BCUT2D eigenvalue weighted by molar-refractivity contribution is -0.537. The Morgan fingerprint density at radius 3 is 2.30 bits per heavy atom. The normalized spacial score (nSPS) is 24.7. The van der Waals surface area contributed by atoms with Gasteiger partial charge in [-0.25, -0.2) is 9.37 Å². The van der Waals surface area contributed by atoms with Gasteiger partial charge in [0.15, 0.2) is 0 Å². The molecule has 0 bridgehead atoms. The van der Waals surface area contributed by atoms with Gasteiger partial charge in [0.1, 0.15) is 6.54 Å². The van der Waals surface area contributed by atoms with Crippen LogP contribution in [0.3, 0.4) is 0 Å². The molecule has 3 heterocycles. The summed E-state index contributed by atoms with van der Waals surface area (Å²) in [5.41, 5.74) is 0. The van der Waals surface area contributed by atoms with E-state index in [9.17, 15) is 9.59 Å². The second kappa shape index (κ2) is 8.48. The Labute approximate surface area is 162 Å². The van der Waals surface area contributed by atoms with E-state index < -0.39 is 6.04 Å². The number of urea groups is 1. The van der Waals surface area contributed by atoms with Crippen LogP contribution < -0.4 is 0 Å². The third kappa shape index (κ3) is 3.91. The van der Waals surface area contributed by atoms with Gasteiger partial charge in [-0.15, -0.1) is 0 Å². The minimum atomic E-state index is -0.457. The summed E-state index contributed by atoms with van der Waals surface area (Å²) in [5.74, 6) is 1.35. The lowest BCUT2D eigenvalue weighted by atomic mass is 10.1. The number of rotatable bonds is 7. The number of carbonyl (C=O) groups excluding carboxylic acids is 2. The molecule has 0 aromatic heterocycles. The smallest absolute Gasteiger partial charge is 0.301 e. The zero-order chi connectivity index (χ0) is 19.6. The molecule has 3 aliphatic heterocycles. The van der Waals surface area contributed by atoms with Crippen LogP contribution in [0.5, 0.6) is 0 Å². The maximum absolute atomic E-state index is 12.8. The molecule has 1 atom stereocenters. The molecule has 2 saturated heterocycles. The molecule has 8 heteroatoms. The molecule has 0 radical (unpaired) electrons. The molecule has 0 spiro atoms. The number of nitrogens with zero attached hydrogens (tertiary/aromatic N) is 6. The molecule has 8 nitrogen and oxygen atoms in total. The quantitative estimate of drug-likeness (QED) is 0.480. The number of aliphatic imine (C=N–C) groups is 1. The summed E-state index contributed by atoms with van der Waals surface area (Å²) in [6, 6.07) is -0.761. The Morgan fingerprint density at radius 2 is 1.67 bits per heavy atom. The number of hydrogen-bond acceptors (Lipinski definition) is 5. The number of fused-ring (bicyclic) bond motifs is 1. The summed E-state index contributed by atoms with van der Waals surface area (Å²) in [7, 11) is 3.27. The van der Waals surface area contributed by atoms with Crippen LogP contribution >= 0.6 is 0 Å². The molecule has 27 heavy (non-hydrogen) atoms. The molecule has 3 amide bonds. The van der Waals surface area contributed by atoms with Crippen molar-refractivity contribution in [1.82, 2.24) is 19.6 Å². The van der Waals surface area contributed by atoms with Gasteiger partial charge in [0, 0.05) is 40.3 Å². The number of hydrogen-bond donors (Lipinski definition) is 0. The molecule has 1 unspecified atom stereocenters. The predicted molar refractivity (Wildman–Crippen MR) is 105 cm³/mol. The first-order valence-electron chi connectivity index (χ1n) is 10.2. The van der Waals surface area contributed by atoms with Crippen LogP contribution in [0, 0.1) is 0 Å². The lowest BCUT2D eigenvalue weighted by Gasteiger charge is -2.33. The van der Waals surface area contributed by atoms with Gasteiger partial charge in [-0.3, -0.25) is 19.5 Å². The van der Waals surface area contributed by atoms with Gasteiger partial charge in [-0.05, 0) is 24.4 Å². The molecule has 0 N–H and O–H groups in total. The van der Waals surface area contributed by atoms with Crippen molar-refractivity contribution in [3.05, 3.63) is 0 Å². The molecule has 0 aromatic carbocycles. The highest BCUT2D eigenvalue weighted by atomic mass is 16.2. The Bertz CT molecular complexity index is 651. The van der Waals surface area contributed by atoms with Gasteiger partial charge in [0.05, 0.1) is 6.54 Å². The topological polar surface area (TPSA) is 62.5 Å². The fourth-order valence-electron chi connectivity index (χ4n) is 4.03. The number of likely N-dealkylation sites (N-methyl/N-ethyl adjacent to an activating group) is 3. The maximum Gasteiger partial charge on any atom is 0.333 e. The SMILES string of the molecule is CCCCC[N+]1=C(CN2CCN(CC)CC2)N=C2C1C(=O)N(C)C(=O)N2C. The molecule has 2 fully saturated rings. The highest BCUT2D eigenvalue weighted by Gasteiger charge is 2.52. The van der Waals surface area contributed by atoms with Crippen molar-refractivity contribution in [3.8, 4) is 0 Å². The van der Waals surface area contributed by atoms with Crippen LogP contribution in [0.1, 0.15) is 33.1 Å². The van der Waals surface area contributed by atoms with Crippen LogP contribution in [0.4, 0.5) is 4.79 Å². The largest absolute Gasteiger partial charge is 0.333 e. The Kier molecular flexibility index (Phi) is 6.26. The van der Waals surface area contributed by atoms with E-state index in [4.69, 9.17) is 4.99 Å². The zero-order valence-electron chi connectivity index (χ0n) is 17.1. The van der Waals surface area contributed by atoms with Crippen molar-refractivity contribution in [3.63, 3.8) is 0 Å². The summed E-state index contributed by atoms with van der Waals surface area (Å²) < 4.78 is 2.14. The van der Waals surface area contributed by atoms with Crippen molar-refractivity contribution in [2.24, 2.45) is 4.99 Å². The molecule has 150 valence electrons. The first-order chi connectivity index (χ1) is 13.0. The van der Waals surface area contributed by atoms with Crippen molar-refractivity contribution >= 4 is 23.6 Å². The number of amidine groups is 2. The Morgan fingerprint density at radius 1 is 1.00 bits per heavy atom. The first-order valence-corrected chi connectivity index (χ1v) is 10.2. The van der Waals surface area contributed by atoms with E-state index in [1.165, 1.54) is 9.80 Å². The third-order valence-corrected chi connectivity index (χ3v) is 5.89. The van der Waals surface area contributed by atoms with Gasteiger partial charge >= 0.3 is 11.9 Å². The van der Waals surface area contributed by atoms with Gasteiger partial charge in [0.2, 0.25) is 0 Å². The monoisotopic (exact) mass is 377 g/mol. The second-order valence-corrected chi connectivity index (χ2v) is 7.64. The number of imide groups is 1. The van der Waals surface area contributed by atoms with Gasteiger partial charge in [-0.1, -0.05) is 20.3 Å². The third-order valence-electron chi connectivity index (χ3n) is 5.89. The second-order valence-electron chi connectivity index (χ2n) is 7.64. The minimum absolute atomic E-state index is 0.167. The van der Waals surface area contributed by atoms with Crippen LogP contribution in [0.25, 0.3) is 0 Å². The van der Waals surface area contributed by atoms with Crippen molar-refractivity contribution < 1.29 is 14.2 Å². The summed E-state index contributed by atoms with van der Waals surface area (Å²) in [6.45, 7) is 11.2. The van der Waals surface area contributed by atoms with E-state index in [1.54, 1.807) is 14.1 Å². The summed E-state index contributed by atoms with van der Waals surface area (Å²) in [4.78, 5) is 37.6. The number of carbonyl (C=O) groups is 2. The standard InChI is InChI=1S/C19H33N6O2/c1-5-7-8-9-25-15(14-24-12-10-23(6-2)11-13-24)20-17-16(25)18(26)22(4)19(27)21(17)3/h16H,5-14H2,1-4H3/q+1. The van der Waals surface area contributed by atoms with Gasteiger partial charge in [0.25, 0.3) is 17.8 Å². The maximum atomic E-state index is 12.8. The number of piperazine rings is 1. The Balaban J connectivity index is 1.82. The average molecular weight is 378 g/mol. The predicted octanol–water partition coefficient (Wildman–Crippen LogP) is 0.530. The van der Waals surface area contributed by atoms with E-state index in [-0.39, 0.29) is 11.9 Å². The first kappa shape index (κ1) is 19.9. The Hall–Kier alpha value is -1.80. The van der Waals surface area contributed by atoms with Crippen LogP contribution in [-0.2, 0) is 4.79 Å². The molecular weight excluding hydrogens is 344 g/mol. The molecule has 0 aliphatic carbocycles. The fraction of sp³-hybridized carbons (Fsp3) is 0.789. The molecule has 3 aliphatic rings. The van der Waals surface area contributed by atoms with Crippen LogP contribution in [0.2, 0.25) is 0 Å². The minimum Gasteiger partial charge on any atom is -0.301 e. The van der Waals surface area contributed by atoms with E-state index in [1.807, 2.05) is 0 Å². The van der Waals surface area contributed by atoms with Crippen molar-refractivity contribution in [1.29, 1.82) is 0 Å². The fourth-order valence-corrected chi connectivity index (χ4v) is 4.03. The van der Waals surface area contributed by atoms with Crippen LogP contribution in [0.15, 0.2) is 4.99 Å². The lowest BCUT2D eigenvalue weighted by Crippen LogP contribution is -2.61. The van der Waals surface area contributed by atoms with E-state index >= 15 is 0 Å². The summed E-state index contributed by atoms with van der Waals surface area (Å²) >= 11 is 0. The van der Waals surface area contributed by atoms with E-state index in [0.29, 0.717) is 5.84 Å². The number of unbranched alkanes of at least 4 members (excludes halogenated alkanes) is 2. The summed E-state index contributed by atoms with van der Waals surface area (Å²) in [6.07, 6.45) is 3.28. The zero-order valence-corrected chi connectivity index (χ0v) is 17.1. The molecule has 0 aromatic rings.